The van der Waals surface area contributed by atoms with Gasteiger partial charge >= 0.3 is 0 Å². The highest BCUT2D eigenvalue weighted by molar-refractivity contribution is 8.00. The fraction of sp³-hybridized carbons (Fsp3) is 1.00. The summed E-state index contributed by atoms with van der Waals surface area (Å²) in [5.74, 6) is 1.32. The van der Waals surface area contributed by atoms with Gasteiger partial charge in [-0.3, -0.25) is 0 Å². The van der Waals surface area contributed by atoms with E-state index in [1.807, 2.05) is 0 Å². The van der Waals surface area contributed by atoms with E-state index in [1.54, 1.807) is 0 Å². The van der Waals surface area contributed by atoms with Crippen LogP contribution in [0.25, 0.3) is 0 Å². The molecule has 2 saturated heterocycles. The van der Waals surface area contributed by atoms with Crippen molar-refractivity contribution in [3.8, 4) is 0 Å². The molecule has 2 fully saturated rings. The van der Waals surface area contributed by atoms with Crippen LogP contribution in [-0.2, 0) is 0 Å². The molecule has 0 amide bonds. The molecule has 82 valence electrons. The SMILES string of the molecule is CC1CC(NCCN2CCCC2)CS1. The Labute approximate surface area is 91.8 Å². The second kappa shape index (κ2) is 5.38. The van der Waals surface area contributed by atoms with Crippen molar-refractivity contribution in [2.75, 3.05) is 31.9 Å². The average molecular weight is 214 g/mol. The molecule has 2 heterocycles. The lowest BCUT2D eigenvalue weighted by atomic mass is 10.2. The summed E-state index contributed by atoms with van der Waals surface area (Å²) in [5.41, 5.74) is 0. The van der Waals surface area contributed by atoms with Crippen LogP contribution in [0.1, 0.15) is 26.2 Å². The molecule has 2 atom stereocenters. The van der Waals surface area contributed by atoms with Gasteiger partial charge in [0.05, 0.1) is 0 Å². The lowest BCUT2D eigenvalue weighted by Crippen LogP contribution is -2.36. The summed E-state index contributed by atoms with van der Waals surface area (Å²) in [6.07, 6.45) is 4.19. The van der Waals surface area contributed by atoms with E-state index in [1.165, 1.54) is 51.2 Å². The minimum absolute atomic E-state index is 0.789. The minimum atomic E-state index is 0.789. The first-order valence-corrected chi connectivity index (χ1v) is 6.97. The van der Waals surface area contributed by atoms with Gasteiger partial charge in [0.15, 0.2) is 0 Å². The summed E-state index contributed by atoms with van der Waals surface area (Å²) in [5, 5.41) is 4.55. The molecule has 0 aromatic heterocycles. The Bertz CT molecular complexity index is 169. The van der Waals surface area contributed by atoms with Gasteiger partial charge in [0, 0.05) is 30.1 Å². The molecule has 14 heavy (non-hydrogen) atoms. The van der Waals surface area contributed by atoms with Crippen LogP contribution < -0.4 is 5.32 Å². The Morgan fingerprint density at radius 1 is 1.36 bits per heavy atom. The van der Waals surface area contributed by atoms with Gasteiger partial charge in [-0.25, -0.2) is 0 Å². The molecule has 0 spiro atoms. The van der Waals surface area contributed by atoms with E-state index in [0.717, 1.165) is 11.3 Å². The lowest BCUT2D eigenvalue weighted by Gasteiger charge is -2.17. The molecule has 2 aliphatic heterocycles. The standard InChI is InChI=1S/C11H22N2S/c1-10-8-11(9-14-10)12-4-7-13-5-2-3-6-13/h10-12H,2-9H2,1H3. The zero-order valence-corrected chi connectivity index (χ0v) is 9.98. The van der Waals surface area contributed by atoms with Gasteiger partial charge in [0.1, 0.15) is 0 Å². The van der Waals surface area contributed by atoms with Crippen LogP contribution in [0.4, 0.5) is 0 Å². The van der Waals surface area contributed by atoms with E-state index in [-0.39, 0.29) is 0 Å². The normalized spacial score (nSPS) is 34.1. The van der Waals surface area contributed by atoms with Gasteiger partial charge < -0.3 is 10.2 Å². The quantitative estimate of drug-likeness (QED) is 0.765. The third kappa shape index (κ3) is 3.14. The van der Waals surface area contributed by atoms with Crippen LogP contribution in [0, 0.1) is 0 Å². The average Bonchev–Trinajstić information content (AvgIpc) is 2.77. The number of rotatable bonds is 4. The van der Waals surface area contributed by atoms with E-state index in [0.29, 0.717) is 0 Å². The van der Waals surface area contributed by atoms with Crippen molar-refractivity contribution < 1.29 is 0 Å². The van der Waals surface area contributed by atoms with E-state index >= 15 is 0 Å². The molecule has 1 N–H and O–H groups in total. The highest BCUT2D eigenvalue weighted by atomic mass is 32.2. The van der Waals surface area contributed by atoms with Gasteiger partial charge in [0.2, 0.25) is 0 Å². The Morgan fingerprint density at radius 3 is 2.79 bits per heavy atom. The molecule has 0 aliphatic carbocycles. The van der Waals surface area contributed by atoms with E-state index in [9.17, 15) is 0 Å². The third-order valence-corrected chi connectivity index (χ3v) is 4.61. The molecule has 2 aliphatic rings. The molecule has 3 heteroatoms. The Balaban J connectivity index is 1.54. The maximum Gasteiger partial charge on any atom is 0.0169 e. The molecule has 0 aromatic rings. The summed E-state index contributed by atoms with van der Waals surface area (Å²) >= 11 is 2.11. The molecule has 0 bridgehead atoms. The topological polar surface area (TPSA) is 15.3 Å². The molecule has 2 nitrogen and oxygen atoms in total. The fourth-order valence-electron chi connectivity index (χ4n) is 2.39. The Kier molecular flexibility index (Phi) is 4.14. The van der Waals surface area contributed by atoms with Crippen LogP contribution in [0.5, 0.6) is 0 Å². The maximum atomic E-state index is 3.68. The van der Waals surface area contributed by atoms with Crippen molar-refractivity contribution >= 4 is 11.8 Å². The van der Waals surface area contributed by atoms with Crippen molar-refractivity contribution in [2.45, 2.75) is 37.5 Å². The number of nitrogens with one attached hydrogen (secondary N) is 1. The first-order chi connectivity index (χ1) is 6.84. The second-order valence-corrected chi connectivity index (χ2v) is 6.05. The van der Waals surface area contributed by atoms with Crippen molar-refractivity contribution in [3.05, 3.63) is 0 Å². The van der Waals surface area contributed by atoms with Crippen LogP contribution in [-0.4, -0.2) is 48.1 Å². The molecule has 0 radical (unpaired) electrons. The highest BCUT2D eigenvalue weighted by Crippen LogP contribution is 2.25. The van der Waals surface area contributed by atoms with Crippen LogP contribution in [0.15, 0.2) is 0 Å². The van der Waals surface area contributed by atoms with Gasteiger partial charge in [-0.2, -0.15) is 11.8 Å². The largest absolute Gasteiger partial charge is 0.312 e. The van der Waals surface area contributed by atoms with Gasteiger partial charge in [0.25, 0.3) is 0 Å². The number of nitrogens with zero attached hydrogens (tertiary/aromatic N) is 1. The molecular formula is C11H22N2S. The van der Waals surface area contributed by atoms with E-state index in [4.69, 9.17) is 0 Å². The van der Waals surface area contributed by atoms with Crippen molar-refractivity contribution in [1.29, 1.82) is 0 Å². The Hall–Kier alpha value is 0.270. The zero-order valence-electron chi connectivity index (χ0n) is 9.17. The number of hydrogen-bond acceptors (Lipinski definition) is 3. The molecule has 2 rings (SSSR count). The summed E-state index contributed by atoms with van der Waals surface area (Å²) in [6, 6.07) is 0.789. The summed E-state index contributed by atoms with van der Waals surface area (Å²) in [7, 11) is 0. The highest BCUT2D eigenvalue weighted by Gasteiger charge is 2.21. The minimum Gasteiger partial charge on any atom is -0.312 e. The fourth-order valence-corrected chi connectivity index (χ4v) is 3.58. The zero-order chi connectivity index (χ0) is 9.80. The smallest absolute Gasteiger partial charge is 0.0169 e. The summed E-state index contributed by atoms with van der Waals surface area (Å²) in [6.45, 7) is 7.45. The summed E-state index contributed by atoms with van der Waals surface area (Å²) < 4.78 is 0. The first kappa shape index (κ1) is 10.8. The van der Waals surface area contributed by atoms with E-state index in [2.05, 4.69) is 28.9 Å². The van der Waals surface area contributed by atoms with Crippen LogP contribution in [0.3, 0.4) is 0 Å². The molecule has 0 saturated carbocycles. The van der Waals surface area contributed by atoms with Crippen molar-refractivity contribution in [1.82, 2.24) is 10.2 Å². The third-order valence-electron chi connectivity index (χ3n) is 3.26. The number of likely N-dealkylation sites (tertiary alicyclic amines) is 1. The van der Waals surface area contributed by atoms with Crippen LogP contribution >= 0.6 is 11.8 Å². The Morgan fingerprint density at radius 2 is 2.14 bits per heavy atom. The molecule has 2 unspecified atom stereocenters. The molecular weight excluding hydrogens is 192 g/mol. The number of hydrogen-bond donors (Lipinski definition) is 1. The van der Waals surface area contributed by atoms with Gasteiger partial charge in [-0.05, 0) is 32.4 Å². The monoisotopic (exact) mass is 214 g/mol. The number of thioether (sulfide) groups is 1. The molecule has 0 aromatic carbocycles. The van der Waals surface area contributed by atoms with Crippen molar-refractivity contribution in [2.24, 2.45) is 0 Å². The van der Waals surface area contributed by atoms with Gasteiger partial charge in [-0.15, -0.1) is 0 Å². The second-order valence-electron chi connectivity index (χ2n) is 4.58. The predicted molar refractivity (Wildman–Crippen MR) is 64.0 cm³/mol. The predicted octanol–water partition coefficient (Wildman–Crippen LogP) is 1.57. The van der Waals surface area contributed by atoms with Gasteiger partial charge in [-0.1, -0.05) is 6.92 Å². The van der Waals surface area contributed by atoms with Crippen molar-refractivity contribution in [3.63, 3.8) is 0 Å². The summed E-state index contributed by atoms with van der Waals surface area (Å²) in [4.78, 5) is 2.58. The van der Waals surface area contributed by atoms with E-state index < -0.39 is 0 Å². The van der Waals surface area contributed by atoms with Crippen LogP contribution in [0.2, 0.25) is 0 Å². The lowest BCUT2D eigenvalue weighted by molar-refractivity contribution is 0.329. The first-order valence-electron chi connectivity index (χ1n) is 5.92. The maximum absolute atomic E-state index is 3.68.